The molecule has 2 heterocycles. The van der Waals surface area contributed by atoms with Gasteiger partial charge in [0.1, 0.15) is 0 Å². The number of rotatable bonds is 3. The van der Waals surface area contributed by atoms with Crippen LogP contribution >= 0.6 is 0 Å². The molecular formula is C13H21N3. The van der Waals surface area contributed by atoms with Crippen LogP contribution in [-0.4, -0.2) is 29.0 Å². The second-order valence-corrected chi connectivity index (χ2v) is 4.78. The normalized spacial score (nSPS) is 26.9. The lowest BCUT2D eigenvalue weighted by Crippen LogP contribution is -2.43. The largest absolute Gasteiger partial charge is 0.330 e. The van der Waals surface area contributed by atoms with E-state index in [1.807, 2.05) is 12.3 Å². The fourth-order valence-corrected chi connectivity index (χ4v) is 2.37. The molecule has 0 spiro atoms. The van der Waals surface area contributed by atoms with E-state index in [1.54, 1.807) is 0 Å². The van der Waals surface area contributed by atoms with Crippen molar-refractivity contribution in [3.05, 3.63) is 30.1 Å². The minimum atomic E-state index is 0.657. The van der Waals surface area contributed by atoms with Gasteiger partial charge in [-0.2, -0.15) is 0 Å². The predicted molar refractivity (Wildman–Crippen MR) is 65.9 cm³/mol. The van der Waals surface area contributed by atoms with Crippen molar-refractivity contribution in [3.8, 4) is 0 Å². The summed E-state index contributed by atoms with van der Waals surface area (Å²) in [5.74, 6) is 0.667. The number of aromatic nitrogens is 1. The van der Waals surface area contributed by atoms with E-state index < -0.39 is 0 Å². The van der Waals surface area contributed by atoms with Crippen LogP contribution in [-0.2, 0) is 6.54 Å². The molecule has 3 nitrogen and oxygen atoms in total. The second kappa shape index (κ2) is 5.41. The van der Waals surface area contributed by atoms with Crippen LogP contribution in [0.15, 0.2) is 24.4 Å². The van der Waals surface area contributed by atoms with E-state index in [1.165, 1.54) is 12.8 Å². The molecule has 2 atom stereocenters. The van der Waals surface area contributed by atoms with Crippen molar-refractivity contribution < 1.29 is 0 Å². The van der Waals surface area contributed by atoms with Crippen LogP contribution in [0, 0.1) is 5.92 Å². The van der Waals surface area contributed by atoms with Crippen molar-refractivity contribution in [1.82, 2.24) is 9.88 Å². The highest BCUT2D eigenvalue weighted by Gasteiger charge is 2.24. The minimum absolute atomic E-state index is 0.657. The van der Waals surface area contributed by atoms with Gasteiger partial charge in [-0.15, -0.1) is 0 Å². The smallest absolute Gasteiger partial charge is 0.0544 e. The first kappa shape index (κ1) is 11.6. The maximum atomic E-state index is 5.76. The molecule has 16 heavy (non-hydrogen) atoms. The van der Waals surface area contributed by atoms with E-state index in [0.717, 1.165) is 25.3 Å². The molecule has 1 fully saturated rings. The van der Waals surface area contributed by atoms with Crippen LogP contribution in [0.2, 0.25) is 0 Å². The van der Waals surface area contributed by atoms with Crippen molar-refractivity contribution >= 4 is 0 Å². The summed E-state index contributed by atoms with van der Waals surface area (Å²) in [6.45, 7) is 5.19. The summed E-state index contributed by atoms with van der Waals surface area (Å²) >= 11 is 0. The summed E-state index contributed by atoms with van der Waals surface area (Å²) in [6, 6.07) is 6.77. The molecule has 1 saturated heterocycles. The van der Waals surface area contributed by atoms with Gasteiger partial charge < -0.3 is 5.73 Å². The number of likely N-dealkylation sites (tertiary alicyclic amines) is 1. The van der Waals surface area contributed by atoms with Gasteiger partial charge in [0.2, 0.25) is 0 Å². The maximum Gasteiger partial charge on any atom is 0.0544 e. The zero-order valence-electron chi connectivity index (χ0n) is 9.97. The quantitative estimate of drug-likeness (QED) is 0.840. The molecule has 0 amide bonds. The molecule has 0 aromatic carbocycles. The lowest BCUT2D eigenvalue weighted by atomic mass is 9.93. The molecule has 0 saturated carbocycles. The summed E-state index contributed by atoms with van der Waals surface area (Å²) in [7, 11) is 0. The predicted octanol–water partition coefficient (Wildman–Crippen LogP) is 1.64. The van der Waals surface area contributed by atoms with Crippen molar-refractivity contribution in [2.75, 3.05) is 13.1 Å². The number of nitrogens with zero attached hydrogens (tertiary/aromatic N) is 2. The van der Waals surface area contributed by atoms with Gasteiger partial charge in [-0.05, 0) is 44.4 Å². The summed E-state index contributed by atoms with van der Waals surface area (Å²) in [4.78, 5) is 6.89. The van der Waals surface area contributed by atoms with Crippen LogP contribution in [0.4, 0.5) is 0 Å². The van der Waals surface area contributed by atoms with Crippen LogP contribution in [0.25, 0.3) is 0 Å². The fraction of sp³-hybridized carbons (Fsp3) is 0.615. The third-order valence-electron chi connectivity index (χ3n) is 3.53. The monoisotopic (exact) mass is 219 g/mol. The molecule has 0 aliphatic carbocycles. The highest BCUT2D eigenvalue weighted by Crippen LogP contribution is 2.22. The van der Waals surface area contributed by atoms with Crippen molar-refractivity contribution in [3.63, 3.8) is 0 Å². The minimum Gasteiger partial charge on any atom is -0.330 e. The van der Waals surface area contributed by atoms with Gasteiger partial charge in [0.15, 0.2) is 0 Å². The van der Waals surface area contributed by atoms with Crippen LogP contribution in [0.1, 0.15) is 25.5 Å². The van der Waals surface area contributed by atoms with Crippen molar-refractivity contribution in [2.24, 2.45) is 11.7 Å². The molecule has 2 unspecified atom stereocenters. The number of hydrogen-bond donors (Lipinski definition) is 1. The van der Waals surface area contributed by atoms with E-state index >= 15 is 0 Å². The highest BCUT2D eigenvalue weighted by molar-refractivity contribution is 5.03. The molecule has 1 aliphatic rings. The number of nitrogens with two attached hydrogens (primary N) is 1. The van der Waals surface area contributed by atoms with Gasteiger partial charge in [-0.1, -0.05) is 6.07 Å². The van der Waals surface area contributed by atoms with E-state index in [2.05, 4.69) is 28.9 Å². The Bertz CT molecular complexity index is 312. The SMILES string of the molecule is CC1CCC(CN)CN1Cc1ccccn1. The van der Waals surface area contributed by atoms with Crippen LogP contribution < -0.4 is 5.73 Å². The Kier molecular flexibility index (Phi) is 3.91. The first-order valence-corrected chi connectivity index (χ1v) is 6.13. The third-order valence-corrected chi connectivity index (χ3v) is 3.53. The Balaban J connectivity index is 1.97. The zero-order valence-corrected chi connectivity index (χ0v) is 9.97. The molecule has 1 aromatic rings. The molecule has 1 aliphatic heterocycles. The van der Waals surface area contributed by atoms with Crippen molar-refractivity contribution in [1.29, 1.82) is 0 Å². The summed E-state index contributed by atoms with van der Waals surface area (Å²) in [6.07, 6.45) is 4.40. The number of piperidine rings is 1. The molecule has 0 bridgehead atoms. The lowest BCUT2D eigenvalue weighted by Gasteiger charge is -2.37. The molecule has 2 N–H and O–H groups in total. The Morgan fingerprint density at radius 1 is 1.44 bits per heavy atom. The number of pyridine rings is 1. The fourth-order valence-electron chi connectivity index (χ4n) is 2.37. The summed E-state index contributed by atoms with van der Waals surface area (Å²) in [5, 5.41) is 0. The van der Waals surface area contributed by atoms with Gasteiger partial charge in [-0.25, -0.2) is 0 Å². The van der Waals surface area contributed by atoms with E-state index in [4.69, 9.17) is 5.73 Å². The average molecular weight is 219 g/mol. The first-order chi connectivity index (χ1) is 7.79. The Morgan fingerprint density at radius 3 is 3.00 bits per heavy atom. The van der Waals surface area contributed by atoms with E-state index in [0.29, 0.717) is 12.0 Å². The molecule has 1 aromatic heterocycles. The van der Waals surface area contributed by atoms with Crippen LogP contribution in [0.3, 0.4) is 0 Å². The lowest BCUT2D eigenvalue weighted by molar-refractivity contribution is 0.112. The number of hydrogen-bond acceptors (Lipinski definition) is 3. The standard InChI is InChI=1S/C13H21N3/c1-11-5-6-12(8-14)9-16(11)10-13-4-2-3-7-15-13/h2-4,7,11-12H,5-6,8-10,14H2,1H3. The zero-order chi connectivity index (χ0) is 11.4. The topological polar surface area (TPSA) is 42.1 Å². The van der Waals surface area contributed by atoms with Gasteiger partial charge in [0.25, 0.3) is 0 Å². The average Bonchev–Trinajstić information content (AvgIpc) is 2.33. The van der Waals surface area contributed by atoms with Crippen LogP contribution in [0.5, 0.6) is 0 Å². The molecular weight excluding hydrogens is 198 g/mol. The highest BCUT2D eigenvalue weighted by atomic mass is 15.2. The van der Waals surface area contributed by atoms with E-state index in [9.17, 15) is 0 Å². The Labute approximate surface area is 97.7 Å². The molecule has 2 rings (SSSR count). The Morgan fingerprint density at radius 2 is 2.31 bits per heavy atom. The van der Waals surface area contributed by atoms with E-state index in [-0.39, 0.29) is 0 Å². The van der Waals surface area contributed by atoms with Crippen molar-refractivity contribution in [2.45, 2.75) is 32.4 Å². The summed E-state index contributed by atoms with van der Waals surface area (Å²) < 4.78 is 0. The third kappa shape index (κ3) is 2.80. The first-order valence-electron chi connectivity index (χ1n) is 6.13. The summed E-state index contributed by atoms with van der Waals surface area (Å²) in [5.41, 5.74) is 6.92. The molecule has 0 radical (unpaired) electrons. The van der Waals surface area contributed by atoms with Gasteiger partial charge in [0, 0.05) is 25.3 Å². The molecule has 88 valence electrons. The second-order valence-electron chi connectivity index (χ2n) is 4.78. The van der Waals surface area contributed by atoms with Gasteiger partial charge in [-0.3, -0.25) is 9.88 Å². The molecule has 3 heteroatoms. The van der Waals surface area contributed by atoms with Gasteiger partial charge >= 0.3 is 0 Å². The Hall–Kier alpha value is -0.930. The maximum absolute atomic E-state index is 5.76. The van der Waals surface area contributed by atoms with Gasteiger partial charge in [0.05, 0.1) is 5.69 Å².